The average molecular weight is 342 g/mol. The van der Waals surface area contributed by atoms with Crippen molar-refractivity contribution in [2.75, 3.05) is 7.11 Å². The van der Waals surface area contributed by atoms with Crippen LogP contribution in [0.4, 0.5) is 0 Å². The van der Waals surface area contributed by atoms with E-state index in [2.05, 4.69) is 10.3 Å². The molecule has 3 aromatic rings. The third kappa shape index (κ3) is 3.58. The third-order valence-electron chi connectivity index (χ3n) is 3.52. The van der Waals surface area contributed by atoms with Crippen LogP contribution in [0.1, 0.15) is 11.3 Å². The lowest BCUT2D eigenvalue weighted by atomic mass is 10.2. The number of methoxy groups -OCH3 is 1. The standard InChI is InChI=1S/C18H16ClN3O2/c1-24-14-6-4-5-13(11-14)12-20-17(23)9-8-15-18(19)21-16-7-2-3-10-22(15)16/h2-11H,12H2,1H3,(H,20,23)/b9-8+. The molecule has 5 nitrogen and oxygen atoms in total. The van der Waals surface area contributed by atoms with Crippen LogP contribution < -0.4 is 10.1 Å². The summed E-state index contributed by atoms with van der Waals surface area (Å²) in [5.74, 6) is 0.551. The highest BCUT2D eigenvalue weighted by atomic mass is 35.5. The molecule has 24 heavy (non-hydrogen) atoms. The van der Waals surface area contributed by atoms with E-state index in [4.69, 9.17) is 16.3 Å². The van der Waals surface area contributed by atoms with Crippen LogP contribution >= 0.6 is 11.6 Å². The van der Waals surface area contributed by atoms with E-state index in [0.717, 1.165) is 17.0 Å². The van der Waals surface area contributed by atoms with Crippen LogP contribution in [0, 0.1) is 0 Å². The summed E-state index contributed by atoms with van der Waals surface area (Å²) in [4.78, 5) is 16.2. The van der Waals surface area contributed by atoms with Gasteiger partial charge in [-0.1, -0.05) is 29.8 Å². The molecule has 0 radical (unpaired) electrons. The van der Waals surface area contributed by atoms with Crippen molar-refractivity contribution in [3.63, 3.8) is 0 Å². The Hall–Kier alpha value is -2.79. The minimum Gasteiger partial charge on any atom is -0.497 e. The number of benzene rings is 1. The monoisotopic (exact) mass is 341 g/mol. The molecule has 3 rings (SSSR count). The number of rotatable bonds is 5. The van der Waals surface area contributed by atoms with Gasteiger partial charge in [0.05, 0.1) is 12.8 Å². The molecule has 0 spiro atoms. The quantitative estimate of drug-likeness (QED) is 0.724. The normalized spacial score (nSPS) is 11.1. The summed E-state index contributed by atoms with van der Waals surface area (Å²) in [7, 11) is 1.61. The summed E-state index contributed by atoms with van der Waals surface area (Å²) in [5, 5.41) is 3.19. The highest BCUT2D eigenvalue weighted by Gasteiger charge is 2.07. The van der Waals surface area contributed by atoms with Gasteiger partial charge in [0.15, 0.2) is 5.15 Å². The number of hydrogen-bond acceptors (Lipinski definition) is 3. The highest BCUT2D eigenvalue weighted by molar-refractivity contribution is 6.31. The van der Waals surface area contributed by atoms with E-state index in [1.165, 1.54) is 6.08 Å². The average Bonchev–Trinajstić information content (AvgIpc) is 2.93. The van der Waals surface area contributed by atoms with Crippen molar-refractivity contribution in [2.24, 2.45) is 0 Å². The Morgan fingerprint density at radius 3 is 3.04 bits per heavy atom. The summed E-state index contributed by atoms with van der Waals surface area (Å²) in [6, 6.07) is 13.2. The number of ether oxygens (including phenoxy) is 1. The molecule has 122 valence electrons. The lowest BCUT2D eigenvalue weighted by Crippen LogP contribution is -2.20. The Balaban J connectivity index is 1.67. The molecular formula is C18H16ClN3O2. The number of fused-ring (bicyclic) bond motifs is 1. The fraction of sp³-hybridized carbons (Fsp3) is 0.111. The van der Waals surface area contributed by atoms with Crippen molar-refractivity contribution in [1.29, 1.82) is 0 Å². The van der Waals surface area contributed by atoms with Crippen LogP contribution in [0.3, 0.4) is 0 Å². The maximum absolute atomic E-state index is 12.0. The minimum absolute atomic E-state index is 0.209. The summed E-state index contributed by atoms with van der Waals surface area (Å²) >= 11 is 6.13. The number of amides is 1. The SMILES string of the molecule is COc1cccc(CNC(=O)/C=C/c2c(Cl)nc3ccccn23)c1. The van der Waals surface area contributed by atoms with E-state index in [0.29, 0.717) is 17.4 Å². The van der Waals surface area contributed by atoms with Gasteiger partial charge in [-0.25, -0.2) is 4.98 Å². The summed E-state index contributed by atoms with van der Waals surface area (Å²) in [5.41, 5.74) is 2.37. The van der Waals surface area contributed by atoms with E-state index < -0.39 is 0 Å². The van der Waals surface area contributed by atoms with E-state index in [1.807, 2.05) is 53.1 Å². The first kappa shape index (κ1) is 16.1. The first-order chi connectivity index (χ1) is 11.7. The predicted octanol–water partition coefficient (Wildman–Crippen LogP) is 3.33. The van der Waals surface area contributed by atoms with Gasteiger partial charge in [-0.3, -0.25) is 9.20 Å². The molecule has 1 N–H and O–H groups in total. The number of aromatic nitrogens is 2. The third-order valence-corrected chi connectivity index (χ3v) is 3.79. The smallest absolute Gasteiger partial charge is 0.244 e. The molecule has 1 amide bonds. The lowest BCUT2D eigenvalue weighted by molar-refractivity contribution is -0.116. The number of nitrogens with zero attached hydrogens (tertiary/aromatic N) is 2. The van der Waals surface area contributed by atoms with E-state index >= 15 is 0 Å². The molecule has 0 aliphatic rings. The van der Waals surface area contributed by atoms with E-state index in [-0.39, 0.29) is 5.91 Å². The van der Waals surface area contributed by atoms with Crippen LogP contribution in [0.2, 0.25) is 5.15 Å². The molecule has 6 heteroatoms. The first-order valence-electron chi connectivity index (χ1n) is 7.39. The van der Waals surface area contributed by atoms with Crippen molar-refractivity contribution >= 4 is 29.2 Å². The van der Waals surface area contributed by atoms with Crippen molar-refractivity contribution < 1.29 is 9.53 Å². The van der Waals surface area contributed by atoms with Gasteiger partial charge in [-0.2, -0.15) is 0 Å². The van der Waals surface area contributed by atoms with Crippen LogP contribution in [0.5, 0.6) is 5.75 Å². The Bertz CT molecular complexity index is 902. The number of nitrogens with one attached hydrogen (secondary N) is 1. The number of imidazole rings is 1. The van der Waals surface area contributed by atoms with E-state index in [9.17, 15) is 4.79 Å². The molecule has 0 saturated carbocycles. The van der Waals surface area contributed by atoms with Crippen molar-refractivity contribution in [3.8, 4) is 5.75 Å². The summed E-state index contributed by atoms with van der Waals surface area (Å²) in [6.07, 6.45) is 4.95. The van der Waals surface area contributed by atoms with Crippen molar-refractivity contribution in [3.05, 3.63) is 71.1 Å². The zero-order valence-electron chi connectivity index (χ0n) is 13.1. The fourth-order valence-electron chi connectivity index (χ4n) is 2.32. The first-order valence-corrected chi connectivity index (χ1v) is 7.76. The van der Waals surface area contributed by atoms with Crippen LogP contribution in [-0.2, 0) is 11.3 Å². The predicted molar refractivity (Wildman–Crippen MR) is 94.1 cm³/mol. The van der Waals surface area contributed by atoms with Gasteiger partial charge in [-0.05, 0) is 35.9 Å². The Kier molecular flexibility index (Phi) is 4.82. The molecular weight excluding hydrogens is 326 g/mol. The molecule has 0 aliphatic heterocycles. The number of hydrogen-bond donors (Lipinski definition) is 1. The Labute approximate surface area is 144 Å². The minimum atomic E-state index is -0.209. The van der Waals surface area contributed by atoms with Gasteiger partial charge in [0.1, 0.15) is 11.4 Å². The van der Waals surface area contributed by atoms with E-state index in [1.54, 1.807) is 13.2 Å². The molecule has 1 aromatic carbocycles. The zero-order chi connectivity index (χ0) is 16.9. The van der Waals surface area contributed by atoms with Gasteiger partial charge in [-0.15, -0.1) is 0 Å². The van der Waals surface area contributed by atoms with Crippen LogP contribution in [0.25, 0.3) is 11.7 Å². The van der Waals surface area contributed by atoms with Gasteiger partial charge >= 0.3 is 0 Å². The molecule has 0 saturated heterocycles. The number of carbonyl (C=O) groups excluding carboxylic acids is 1. The van der Waals surface area contributed by atoms with Gasteiger partial charge in [0.25, 0.3) is 0 Å². The van der Waals surface area contributed by atoms with Crippen molar-refractivity contribution in [2.45, 2.75) is 6.54 Å². The molecule has 0 fully saturated rings. The second-order valence-electron chi connectivity index (χ2n) is 5.12. The molecule has 2 aromatic heterocycles. The molecule has 0 unspecified atom stereocenters. The zero-order valence-corrected chi connectivity index (χ0v) is 13.8. The van der Waals surface area contributed by atoms with Gasteiger partial charge in [0, 0.05) is 18.8 Å². The Morgan fingerprint density at radius 1 is 1.33 bits per heavy atom. The second kappa shape index (κ2) is 7.19. The topological polar surface area (TPSA) is 55.6 Å². The van der Waals surface area contributed by atoms with Crippen LogP contribution in [-0.4, -0.2) is 22.4 Å². The molecule has 0 atom stereocenters. The maximum Gasteiger partial charge on any atom is 0.244 e. The number of carbonyl (C=O) groups is 1. The van der Waals surface area contributed by atoms with Crippen molar-refractivity contribution in [1.82, 2.24) is 14.7 Å². The largest absolute Gasteiger partial charge is 0.497 e. The summed E-state index contributed by atoms with van der Waals surface area (Å²) in [6.45, 7) is 0.418. The number of pyridine rings is 1. The summed E-state index contributed by atoms with van der Waals surface area (Å²) < 4.78 is 6.99. The molecule has 0 aliphatic carbocycles. The molecule has 0 bridgehead atoms. The fourth-order valence-corrected chi connectivity index (χ4v) is 2.56. The maximum atomic E-state index is 12.0. The van der Waals surface area contributed by atoms with Gasteiger partial charge < -0.3 is 10.1 Å². The Morgan fingerprint density at radius 2 is 2.21 bits per heavy atom. The lowest BCUT2D eigenvalue weighted by Gasteiger charge is -2.05. The van der Waals surface area contributed by atoms with Crippen LogP contribution in [0.15, 0.2) is 54.7 Å². The molecule has 2 heterocycles. The second-order valence-corrected chi connectivity index (χ2v) is 5.48. The highest BCUT2D eigenvalue weighted by Crippen LogP contribution is 2.18. The van der Waals surface area contributed by atoms with Gasteiger partial charge in [0.2, 0.25) is 5.91 Å². The number of halogens is 1.